The molecule has 0 unspecified atom stereocenters. The van der Waals surface area contributed by atoms with Gasteiger partial charge in [0.25, 0.3) is 11.6 Å². The maximum Gasteiger partial charge on any atom is 0.276 e. The van der Waals surface area contributed by atoms with Crippen molar-refractivity contribution in [2.75, 3.05) is 5.32 Å². The molecule has 8 heteroatoms. The molecule has 0 radical (unpaired) electrons. The number of benzene rings is 1. The number of thiazole rings is 1. The number of nitro groups is 1. The molecule has 3 rings (SSSR count). The zero-order chi connectivity index (χ0) is 16.2. The lowest BCUT2D eigenvalue weighted by Crippen LogP contribution is -2.13. The van der Waals surface area contributed by atoms with Gasteiger partial charge < -0.3 is 0 Å². The first-order chi connectivity index (χ1) is 11.1. The SMILES string of the molecule is O=C(Nc1nc(-c2ccc([N+](=O)[O-])cc2)cs1)c1ccccn1. The van der Waals surface area contributed by atoms with E-state index < -0.39 is 4.92 Å². The van der Waals surface area contributed by atoms with Crippen LogP contribution in [-0.2, 0) is 0 Å². The predicted octanol–water partition coefficient (Wildman–Crippen LogP) is 3.37. The van der Waals surface area contributed by atoms with E-state index >= 15 is 0 Å². The minimum atomic E-state index is -0.455. The van der Waals surface area contributed by atoms with Crippen molar-refractivity contribution in [2.24, 2.45) is 0 Å². The Labute approximate surface area is 134 Å². The number of nitro benzene ring substituents is 1. The lowest BCUT2D eigenvalue weighted by Gasteiger charge is -2.00. The highest BCUT2D eigenvalue weighted by molar-refractivity contribution is 7.14. The van der Waals surface area contributed by atoms with Crippen molar-refractivity contribution < 1.29 is 9.72 Å². The van der Waals surface area contributed by atoms with Gasteiger partial charge in [-0.05, 0) is 24.3 Å². The minimum absolute atomic E-state index is 0.0210. The summed E-state index contributed by atoms with van der Waals surface area (Å²) in [7, 11) is 0. The number of hydrogen-bond acceptors (Lipinski definition) is 6. The average molecular weight is 326 g/mol. The Bertz CT molecular complexity index is 847. The molecular weight excluding hydrogens is 316 g/mol. The molecule has 1 aromatic carbocycles. The summed E-state index contributed by atoms with van der Waals surface area (Å²) in [6, 6.07) is 11.1. The minimum Gasteiger partial charge on any atom is -0.296 e. The summed E-state index contributed by atoms with van der Waals surface area (Å²) >= 11 is 1.27. The largest absolute Gasteiger partial charge is 0.296 e. The highest BCUT2D eigenvalue weighted by atomic mass is 32.1. The Morgan fingerprint density at radius 2 is 1.96 bits per heavy atom. The molecule has 0 atom stereocenters. The number of aromatic nitrogens is 2. The number of nitrogens with zero attached hydrogens (tertiary/aromatic N) is 3. The van der Waals surface area contributed by atoms with E-state index in [9.17, 15) is 14.9 Å². The van der Waals surface area contributed by atoms with Crippen molar-refractivity contribution in [2.45, 2.75) is 0 Å². The summed E-state index contributed by atoms with van der Waals surface area (Å²) < 4.78 is 0. The Morgan fingerprint density at radius 1 is 1.17 bits per heavy atom. The van der Waals surface area contributed by atoms with Gasteiger partial charge in [-0.15, -0.1) is 11.3 Å². The molecule has 114 valence electrons. The molecule has 7 nitrogen and oxygen atoms in total. The second-order valence-electron chi connectivity index (χ2n) is 4.51. The zero-order valence-electron chi connectivity index (χ0n) is 11.7. The molecule has 0 aliphatic carbocycles. The van der Waals surface area contributed by atoms with Gasteiger partial charge in [0.2, 0.25) is 0 Å². The summed E-state index contributed by atoms with van der Waals surface area (Å²) in [4.78, 5) is 30.5. The van der Waals surface area contributed by atoms with Crippen LogP contribution >= 0.6 is 11.3 Å². The quantitative estimate of drug-likeness (QED) is 0.585. The number of pyridine rings is 1. The first-order valence-electron chi connectivity index (χ1n) is 6.56. The van der Waals surface area contributed by atoms with E-state index in [0.29, 0.717) is 16.5 Å². The normalized spacial score (nSPS) is 10.3. The van der Waals surface area contributed by atoms with E-state index in [0.717, 1.165) is 5.56 Å². The third-order valence-corrected chi connectivity index (χ3v) is 3.75. The monoisotopic (exact) mass is 326 g/mol. The third-order valence-electron chi connectivity index (χ3n) is 3.00. The molecule has 0 bridgehead atoms. The number of rotatable bonds is 4. The highest BCUT2D eigenvalue weighted by Gasteiger charge is 2.11. The van der Waals surface area contributed by atoms with Crippen LogP contribution in [0.3, 0.4) is 0 Å². The number of non-ortho nitro benzene ring substituents is 1. The second-order valence-corrected chi connectivity index (χ2v) is 5.37. The van der Waals surface area contributed by atoms with Gasteiger partial charge in [-0.3, -0.25) is 25.2 Å². The zero-order valence-corrected chi connectivity index (χ0v) is 12.5. The van der Waals surface area contributed by atoms with Crippen LogP contribution in [0.1, 0.15) is 10.5 Å². The summed E-state index contributed by atoms with van der Waals surface area (Å²) in [6.07, 6.45) is 1.54. The van der Waals surface area contributed by atoms with Crippen molar-refractivity contribution in [3.63, 3.8) is 0 Å². The fraction of sp³-hybridized carbons (Fsp3) is 0. The van der Waals surface area contributed by atoms with E-state index in [4.69, 9.17) is 0 Å². The van der Waals surface area contributed by atoms with Gasteiger partial charge >= 0.3 is 0 Å². The number of nitrogens with one attached hydrogen (secondary N) is 1. The van der Waals surface area contributed by atoms with Crippen LogP contribution in [0.15, 0.2) is 54.0 Å². The number of carbonyl (C=O) groups is 1. The smallest absolute Gasteiger partial charge is 0.276 e. The lowest BCUT2D eigenvalue weighted by molar-refractivity contribution is -0.384. The Hall–Kier alpha value is -3.13. The number of amides is 1. The van der Waals surface area contributed by atoms with Crippen LogP contribution in [0.4, 0.5) is 10.8 Å². The average Bonchev–Trinajstić information content (AvgIpc) is 3.04. The fourth-order valence-corrected chi connectivity index (χ4v) is 2.59. The molecule has 2 heterocycles. The van der Waals surface area contributed by atoms with Crippen molar-refractivity contribution in [1.82, 2.24) is 9.97 Å². The molecule has 0 saturated carbocycles. The molecule has 23 heavy (non-hydrogen) atoms. The Kier molecular flexibility index (Phi) is 4.07. The topological polar surface area (TPSA) is 98.0 Å². The van der Waals surface area contributed by atoms with Gasteiger partial charge in [0.05, 0.1) is 10.6 Å². The fourth-order valence-electron chi connectivity index (χ4n) is 1.88. The molecule has 0 aliphatic rings. The van der Waals surface area contributed by atoms with Crippen LogP contribution < -0.4 is 5.32 Å². The molecule has 1 N–H and O–H groups in total. The van der Waals surface area contributed by atoms with E-state index in [1.54, 1.807) is 41.9 Å². The van der Waals surface area contributed by atoms with Crippen LogP contribution in [0.5, 0.6) is 0 Å². The number of anilines is 1. The lowest BCUT2D eigenvalue weighted by atomic mass is 10.1. The van der Waals surface area contributed by atoms with Crippen molar-refractivity contribution in [3.8, 4) is 11.3 Å². The maximum absolute atomic E-state index is 12.0. The summed E-state index contributed by atoms with van der Waals surface area (Å²) in [5, 5.41) is 15.5. The van der Waals surface area contributed by atoms with Gasteiger partial charge in [-0.25, -0.2) is 4.98 Å². The highest BCUT2D eigenvalue weighted by Crippen LogP contribution is 2.26. The molecular formula is C15H10N4O3S. The van der Waals surface area contributed by atoms with E-state index in [2.05, 4.69) is 15.3 Å². The predicted molar refractivity (Wildman–Crippen MR) is 86.4 cm³/mol. The van der Waals surface area contributed by atoms with Crippen molar-refractivity contribution in [1.29, 1.82) is 0 Å². The Balaban J connectivity index is 1.75. The van der Waals surface area contributed by atoms with Crippen molar-refractivity contribution >= 4 is 28.1 Å². The number of hydrogen-bond donors (Lipinski definition) is 1. The van der Waals surface area contributed by atoms with Gasteiger partial charge in [0.15, 0.2) is 5.13 Å². The van der Waals surface area contributed by atoms with Gasteiger partial charge in [-0.1, -0.05) is 6.07 Å². The standard InChI is InChI=1S/C15H10N4O3S/c20-14(12-3-1-2-8-16-12)18-15-17-13(9-23-15)10-4-6-11(7-5-10)19(21)22/h1-9H,(H,17,18,20). The molecule has 1 amide bonds. The Morgan fingerprint density at radius 3 is 2.61 bits per heavy atom. The van der Waals surface area contributed by atoms with E-state index in [-0.39, 0.29) is 11.6 Å². The molecule has 3 aromatic rings. The first-order valence-corrected chi connectivity index (χ1v) is 7.44. The second kappa shape index (κ2) is 6.32. The first kappa shape index (κ1) is 14.8. The van der Waals surface area contributed by atoms with Gasteiger partial charge in [0.1, 0.15) is 5.69 Å². The molecule has 2 aromatic heterocycles. The molecule has 0 spiro atoms. The molecule has 0 aliphatic heterocycles. The van der Waals surface area contributed by atoms with E-state index in [1.807, 2.05) is 0 Å². The van der Waals surface area contributed by atoms with Gasteiger partial charge in [0, 0.05) is 29.3 Å². The summed E-state index contributed by atoms with van der Waals surface area (Å²) in [5.74, 6) is -0.338. The molecule has 0 saturated heterocycles. The van der Waals surface area contributed by atoms with Crippen LogP contribution in [0.2, 0.25) is 0 Å². The number of carbonyl (C=O) groups excluding carboxylic acids is 1. The third kappa shape index (κ3) is 3.38. The van der Waals surface area contributed by atoms with Crippen molar-refractivity contribution in [3.05, 3.63) is 69.8 Å². The van der Waals surface area contributed by atoms with Crippen LogP contribution in [-0.4, -0.2) is 20.8 Å². The van der Waals surface area contributed by atoms with Crippen LogP contribution in [0, 0.1) is 10.1 Å². The van der Waals surface area contributed by atoms with E-state index in [1.165, 1.54) is 23.5 Å². The summed E-state index contributed by atoms with van der Waals surface area (Å²) in [6.45, 7) is 0. The molecule has 0 fully saturated rings. The maximum atomic E-state index is 12.0. The van der Waals surface area contributed by atoms with Gasteiger partial charge in [-0.2, -0.15) is 0 Å². The summed E-state index contributed by atoms with van der Waals surface area (Å²) in [5.41, 5.74) is 1.71. The van der Waals surface area contributed by atoms with Crippen LogP contribution in [0.25, 0.3) is 11.3 Å².